The van der Waals surface area contributed by atoms with Crippen molar-refractivity contribution in [3.05, 3.63) is 47.9 Å². The van der Waals surface area contributed by atoms with E-state index in [0.717, 1.165) is 16.9 Å². The molecular formula is C13H15N3O2. The van der Waals surface area contributed by atoms with Crippen LogP contribution in [-0.2, 0) is 17.8 Å². The van der Waals surface area contributed by atoms with Crippen LogP contribution in [0.5, 0.6) is 0 Å². The number of benzene rings is 1. The molecule has 0 aliphatic heterocycles. The number of hydrogen-bond donors (Lipinski definition) is 2. The number of carbonyl (C=O) groups is 1. The number of hydrogen-bond acceptors (Lipinski definition) is 4. The van der Waals surface area contributed by atoms with Gasteiger partial charge in [-0.2, -0.15) is 0 Å². The van der Waals surface area contributed by atoms with Crippen LogP contribution in [0.15, 0.2) is 41.1 Å². The molecule has 0 aliphatic rings. The highest BCUT2D eigenvalue weighted by Gasteiger charge is 2.03. The van der Waals surface area contributed by atoms with E-state index in [-0.39, 0.29) is 5.91 Å². The van der Waals surface area contributed by atoms with Crippen LogP contribution in [0.1, 0.15) is 17.7 Å². The van der Waals surface area contributed by atoms with Gasteiger partial charge in [0.2, 0.25) is 5.91 Å². The third-order valence-electron chi connectivity index (χ3n) is 2.58. The maximum absolute atomic E-state index is 11.6. The summed E-state index contributed by atoms with van der Waals surface area (Å²) >= 11 is 0. The highest BCUT2D eigenvalue weighted by atomic mass is 16.5. The van der Waals surface area contributed by atoms with Crippen LogP contribution < -0.4 is 11.1 Å². The van der Waals surface area contributed by atoms with Gasteiger partial charge in [0.05, 0.1) is 6.54 Å². The third-order valence-corrected chi connectivity index (χ3v) is 2.58. The zero-order chi connectivity index (χ0) is 12.8. The van der Waals surface area contributed by atoms with Gasteiger partial charge in [0.15, 0.2) is 0 Å². The molecule has 1 aromatic carbocycles. The molecule has 94 valence electrons. The Labute approximate surface area is 105 Å². The van der Waals surface area contributed by atoms with E-state index in [0.29, 0.717) is 19.4 Å². The van der Waals surface area contributed by atoms with Gasteiger partial charge < -0.3 is 15.6 Å². The number of nitrogen functional groups attached to an aromatic ring is 1. The first-order chi connectivity index (χ1) is 8.74. The summed E-state index contributed by atoms with van der Waals surface area (Å²) < 4.78 is 4.67. The molecule has 1 amide bonds. The summed E-state index contributed by atoms with van der Waals surface area (Å²) in [4.78, 5) is 11.6. The first kappa shape index (κ1) is 12.2. The van der Waals surface area contributed by atoms with Crippen molar-refractivity contribution in [3.63, 3.8) is 0 Å². The molecule has 3 N–H and O–H groups in total. The molecule has 0 radical (unpaired) electrons. The van der Waals surface area contributed by atoms with Crippen LogP contribution in [0.4, 0.5) is 5.69 Å². The minimum Gasteiger partial charge on any atom is -0.399 e. The second-order valence-corrected chi connectivity index (χ2v) is 4.01. The SMILES string of the molecule is Nc1ccc(CCC(=O)NCc2ccon2)cc1. The molecule has 5 heteroatoms. The molecule has 0 atom stereocenters. The van der Waals surface area contributed by atoms with E-state index in [4.69, 9.17) is 5.73 Å². The van der Waals surface area contributed by atoms with Crippen molar-refractivity contribution in [2.24, 2.45) is 0 Å². The highest BCUT2D eigenvalue weighted by Crippen LogP contribution is 2.07. The Hall–Kier alpha value is -2.30. The van der Waals surface area contributed by atoms with Gasteiger partial charge in [-0.05, 0) is 24.1 Å². The number of nitrogens with one attached hydrogen (secondary N) is 1. The van der Waals surface area contributed by atoms with Crippen LogP contribution >= 0.6 is 0 Å². The first-order valence-electron chi connectivity index (χ1n) is 5.74. The van der Waals surface area contributed by atoms with Gasteiger partial charge >= 0.3 is 0 Å². The fourth-order valence-electron chi connectivity index (χ4n) is 1.55. The molecule has 0 bridgehead atoms. The van der Waals surface area contributed by atoms with Crippen LogP contribution in [0, 0.1) is 0 Å². The average molecular weight is 245 g/mol. The van der Waals surface area contributed by atoms with Crippen molar-refractivity contribution in [1.82, 2.24) is 10.5 Å². The van der Waals surface area contributed by atoms with Gasteiger partial charge in [-0.25, -0.2) is 0 Å². The molecule has 2 rings (SSSR count). The Bertz CT molecular complexity index is 491. The maximum Gasteiger partial charge on any atom is 0.220 e. The molecule has 0 saturated carbocycles. The Morgan fingerprint density at radius 2 is 2.06 bits per heavy atom. The Morgan fingerprint density at radius 3 is 2.72 bits per heavy atom. The van der Waals surface area contributed by atoms with Gasteiger partial charge in [-0.3, -0.25) is 4.79 Å². The lowest BCUT2D eigenvalue weighted by Crippen LogP contribution is -2.23. The summed E-state index contributed by atoms with van der Waals surface area (Å²) in [7, 11) is 0. The predicted octanol–water partition coefficient (Wildman–Crippen LogP) is 1.51. The van der Waals surface area contributed by atoms with Gasteiger partial charge in [0.1, 0.15) is 12.0 Å². The summed E-state index contributed by atoms with van der Waals surface area (Å²) in [6.07, 6.45) is 2.63. The summed E-state index contributed by atoms with van der Waals surface area (Å²) in [5, 5.41) is 6.49. The van der Waals surface area contributed by atoms with E-state index in [2.05, 4.69) is 15.0 Å². The molecule has 0 unspecified atom stereocenters. The quantitative estimate of drug-likeness (QED) is 0.782. The molecule has 2 aromatic rings. The largest absolute Gasteiger partial charge is 0.399 e. The van der Waals surface area contributed by atoms with Crippen LogP contribution in [0.3, 0.4) is 0 Å². The molecule has 5 nitrogen and oxygen atoms in total. The molecule has 0 fully saturated rings. The number of aromatic nitrogens is 1. The number of nitrogens with two attached hydrogens (primary N) is 1. The molecule has 1 heterocycles. The zero-order valence-corrected chi connectivity index (χ0v) is 9.93. The molecule has 0 aliphatic carbocycles. The lowest BCUT2D eigenvalue weighted by atomic mass is 10.1. The van der Waals surface area contributed by atoms with Crippen LogP contribution in [0.25, 0.3) is 0 Å². The van der Waals surface area contributed by atoms with Crippen molar-refractivity contribution in [3.8, 4) is 0 Å². The van der Waals surface area contributed by atoms with Gasteiger partial charge in [0, 0.05) is 18.2 Å². The second-order valence-electron chi connectivity index (χ2n) is 4.01. The number of carbonyl (C=O) groups excluding carboxylic acids is 1. The van der Waals surface area contributed by atoms with E-state index in [1.807, 2.05) is 24.3 Å². The lowest BCUT2D eigenvalue weighted by Gasteiger charge is -2.03. The number of aryl methyl sites for hydroxylation is 1. The molecule has 0 spiro atoms. The molecular weight excluding hydrogens is 230 g/mol. The van der Waals surface area contributed by atoms with E-state index >= 15 is 0 Å². The van der Waals surface area contributed by atoms with Gasteiger partial charge in [-0.1, -0.05) is 17.3 Å². The molecule has 0 saturated heterocycles. The zero-order valence-electron chi connectivity index (χ0n) is 9.93. The minimum absolute atomic E-state index is 0.00479. The Kier molecular flexibility index (Phi) is 3.96. The van der Waals surface area contributed by atoms with Gasteiger partial charge in [0.25, 0.3) is 0 Å². The average Bonchev–Trinajstić information content (AvgIpc) is 2.89. The standard InChI is InChI=1S/C13H15N3O2/c14-11-4-1-10(2-5-11)3-6-13(17)15-9-12-7-8-18-16-12/h1-2,4-5,7-8H,3,6,9,14H2,(H,15,17). The topological polar surface area (TPSA) is 81.2 Å². The normalized spacial score (nSPS) is 10.2. The van der Waals surface area contributed by atoms with E-state index in [1.54, 1.807) is 6.07 Å². The summed E-state index contributed by atoms with van der Waals surface area (Å²) in [5.41, 5.74) is 8.14. The van der Waals surface area contributed by atoms with E-state index in [9.17, 15) is 4.79 Å². The van der Waals surface area contributed by atoms with Crippen LogP contribution in [-0.4, -0.2) is 11.1 Å². The van der Waals surface area contributed by atoms with Crippen molar-refractivity contribution in [2.75, 3.05) is 5.73 Å². The monoisotopic (exact) mass is 245 g/mol. The Balaban J connectivity index is 1.73. The van der Waals surface area contributed by atoms with Crippen molar-refractivity contribution in [1.29, 1.82) is 0 Å². The molecule has 1 aromatic heterocycles. The molecule has 18 heavy (non-hydrogen) atoms. The third kappa shape index (κ3) is 3.62. The minimum atomic E-state index is -0.00479. The highest BCUT2D eigenvalue weighted by molar-refractivity contribution is 5.76. The number of rotatable bonds is 5. The fraction of sp³-hybridized carbons (Fsp3) is 0.231. The second kappa shape index (κ2) is 5.86. The van der Waals surface area contributed by atoms with Crippen molar-refractivity contribution >= 4 is 11.6 Å². The number of nitrogens with zero attached hydrogens (tertiary/aromatic N) is 1. The lowest BCUT2D eigenvalue weighted by molar-refractivity contribution is -0.121. The maximum atomic E-state index is 11.6. The van der Waals surface area contributed by atoms with Crippen molar-refractivity contribution < 1.29 is 9.32 Å². The van der Waals surface area contributed by atoms with Crippen LogP contribution in [0.2, 0.25) is 0 Å². The number of amides is 1. The van der Waals surface area contributed by atoms with Crippen molar-refractivity contribution in [2.45, 2.75) is 19.4 Å². The summed E-state index contributed by atoms with van der Waals surface area (Å²) in [6, 6.07) is 9.26. The van der Waals surface area contributed by atoms with E-state index in [1.165, 1.54) is 6.26 Å². The smallest absolute Gasteiger partial charge is 0.220 e. The first-order valence-corrected chi connectivity index (χ1v) is 5.74. The summed E-state index contributed by atoms with van der Waals surface area (Å²) in [6.45, 7) is 0.400. The fourth-order valence-corrected chi connectivity index (χ4v) is 1.55. The number of anilines is 1. The summed E-state index contributed by atoms with van der Waals surface area (Å²) in [5.74, 6) is -0.00479. The predicted molar refractivity (Wildman–Crippen MR) is 67.5 cm³/mol. The van der Waals surface area contributed by atoms with Gasteiger partial charge in [-0.15, -0.1) is 0 Å². The Morgan fingerprint density at radius 1 is 1.28 bits per heavy atom. The van der Waals surface area contributed by atoms with E-state index < -0.39 is 0 Å².